The zero-order valence-corrected chi connectivity index (χ0v) is 11.2. The molecule has 0 aromatic heterocycles. The fourth-order valence-corrected chi connectivity index (χ4v) is 2.33. The molecule has 0 aliphatic heterocycles. The highest BCUT2D eigenvalue weighted by molar-refractivity contribution is 6.03. The second kappa shape index (κ2) is 6.30. The normalized spacial score (nSPS) is 10.4. The van der Waals surface area contributed by atoms with Crippen LogP contribution in [-0.2, 0) is 6.42 Å². The molecule has 2 aromatic rings. The number of ketones is 1. The van der Waals surface area contributed by atoms with Crippen molar-refractivity contribution in [2.75, 3.05) is 6.54 Å². The zero-order chi connectivity index (χ0) is 13.7. The number of rotatable bonds is 5. The standard InChI is InChI=1S/C17H19NO/c1-2-16(19)17-14(11-12-18)9-6-10-15(17)13-7-4-3-5-8-13/h3-10H,2,11-12,18H2,1H3. The highest BCUT2D eigenvalue weighted by Gasteiger charge is 2.15. The lowest BCUT2D eigenvalue weighted by Crippen LogP contribution is -2.10. The van der Waals surface area contributed by atoms with E-state index in [2.05, 4.69) is 0 Å². The van der Waals surface area contributed by atoms with E-state index in [0.717, 1.165) is 28.7 Å². The molecule has 2 aromatic carbocycles. The molecule has 0 aliphatic carbocycles. The van der Waals surface area contributed by atoms with Crippen molar-refractivity contribution < 1.29 is 4.79 Å². The van der Waals surface area contributed by atoms with E-state index in [-0.39, 0.29) is 5.78 Å². The summed E-state index contributed by atoms with van der Waals surface area (Å²) in [6, 6.07) is 16.0. The summed E-state index contributed by atoms with van der Waals surface area (Å²) in [5.74, 6) is 0.183. The monoisotopic (exact) mass is 253 g/mol. The lowest BCUT2D eigenvalue weighted by Gasteiger charge is -2.13. The van der Waals surface area contributed by atoms with Crippen LogP contribution in [0, 0.1) is 0 Å². The first-order chi connectivity index (χ1) is 9.27. The molecule has 0 amide bonds. The maximum Gasteiger partial charge on any atom is 0.163 e. The topological polar surface area (TPSA) is 43.1 Å². The molecule has 2 N–H and O–H groups in total. The highest BCUT2D eigenvalue weighted by atomic mass is 16.1. The first-order valence-electron chi connectivity index (χ1n) is 6.68. The summed E-state index contributed by atoms with van der Waals surface area (Å²) >= 11 is 0. The van der Waals surface area contributed by atoms with Crippen LogP contribution in [0.25, 0.3) is 11.1 Å². The van der Waals surface area contributed by atoms with Crippen molar-refractivity contribution >= 4 is 5.78 Å². The minimum absolute atomic E-state index is 0.183. The van der Waals surface area contributed by atoms with Gasteiger partial charge >= 0.3 is 0 Å². The van der Waals surface area contributed by atoms with Crippen LogP contribution in [0.4, 0.5) is 0 Å². The van der Waals surface area contributed by atoms with Gasteiger partial charge in [-0.15, -0.1) is 0 Å². The number of hydrogen-bond acceptors (Lipinski definition) is 2. The van der Waals surface area contributed by atoms with Crippen LogP contribution < -0.4 is 5.73 Å². The Morgan fingerprint density at radius 1 is 1.05 bits per heavy atom. The first-order valence-corrected chi connectivity index (χ1v) is 6.68. The van der Waals surface area contributed by atoms with Crippen LogP contribution >= 0.6 is 0 Å². The van der Waals surface area contributed by atoms with Gasteiger partial charge < -0.3 is 5.73 Å². The van der Waals surface area contributed by atoms with E-state index < -0.39 is 0 Å². The van der Waals surface area contributed by atoms with E-state index in [1.165, 1.54) is 0 Å². The Bertz CT molecular complexity index is 561. The summed E-state index contributed by atoms with van der Waals surface area (Å²) in [7, 11) is 0. The van der Waals surface area contributed by atoms with Crippen LogP contribution in [0.1, 0.15) is 29.3 Å². The van der Waals surface area contributed by atoms with Gasteiger partial charge in [-0.3, -0.25) is 4.79 Å². The van der Waals surface area contributed by atoms with E-state index in [1.54, 1.807) is 0 Å². The highest BCUT2D eigenvalue weighted by Crippen LogP contribution is 2.27. The second-order valence-electron chi connectivity index (χ2n) is 4.52. The van der Waals surface area contributed by atoms with E-state index >= 15 is 0 Å². The van der Waals surface area contributed by atoms with Gasteiger partial charge in [0.1, 0.15) is 0 Å². The van der Waals surface area contributed by atoms with Gasteiger partial charge in [0.05, 0.1) is 0 Å². The van der Waals surface area contributed by atoms with Gasteiger partial charge in [0.25, 0.3) is 0 Å². The number of benzene rings is 2. The van der Waals surface area contributed by atoms with Crippen molar-refractivity contribution in [1.29, 1.82) is 0 Å². The number of Topliss-reactive ketones (excluding diaryl/α,β-unsaturated/α-hetero) is 1. The summed E-state index contributed by atoms with van der Waals surface area (Å²) in [4.78, 5) is 12.3. The lowest BCUT2D eigenvalue weighted by molar-refractivity contribution is 0.0988. The van der Waals surface area contributed by atoms with Crippen molar-refractivity contribution in [2.24, 2.45) is 5.73 Å². The fraction of sp³-hybridized carbons (Fsp3) is 0.235. The molecule has 0 aliphatic rings. The maximum atomic E-state index is 12.3. The van der Waals surface area contributed by atoms with Crippen LogP contribution in [0.2, 0.25) is 0 Å². The fourth-order valence-electron chi connectivity index (χ4n) is 2.33. The molecule has 0 bridgehead atoms. The average Bonchev–Trinajstić information content (AvgIpc) is 2.47. The van der Waals surface area contributed by atoms with Gasteiger partial charge in [-0.2, -0.15) is 0 Å². The summed E-state index contributed by atoms with van der Waals surface area (Å²) < 4.78 is 0. The zero-order valence-electron chi connectivity index (χ0n) is 11.2. The Labute approximate surface area is 114 Å². The molecule has 2 nitrogen and oxygen atoms in total. The third-order valence-electron chi connectivity index (χ3n) is 3.25. The van der Waals surface area contributed by atoms with Crippen LogP contribution in [-0.4, -0.2) is 12.3 Å². The van der Waals surface area contributed by atoms with Crippen molar-refractivity contribution in [1.82, 2.24) is 0 Å². The second-order valence-corrected chi connectivity index (χ2v) is 4.52. The third kappa shape index (κ3) is 2.91. The van der Waals surface area contributed by atoms with Crippen molar-refractivity contribution in [3.63, 3.8) is 0 Å². The molecule has 0 saturated heterocycles. The predicted octanol–water partition coefficient (Wildman–Crippen LogP) is 3.45. The quantitative estimate of drug-likeness (QED) is 0.829. The molecule has 0 fully saturated rings. The summed E-state index contributed by atoms with van der Waals surface area (Å²) in [5.41, 5.74) is 9.63. The number of nitrogens with two attached hydrogens (primary N) is 1. The lowest BCUT2D eigenvalue weighted by atomic mass is 9.90. The number of carbonyl (C=O) groups excluding carboxylic acids is 1. The molecule has 0 heterocycles. The Kier molecular flexibility index (Phi) is 4.48. The molecule has 98 valence electrons. The first kappa shape index (κ1) is 13.5. The Hall–Kier alpha value is -1.93. The predicted molar refractivity (Wildman–Crippen MR) is 79.3 cm³/mol. The molecule has 0 unspecified atom stereocenters. The SMILES string of the molecule is CCC(=O)c1c(CCN)cccc1-c1ccccc1. The molecule has 2 rings (SSSR count). The molecule has 0 spiro atoms. The largest absolute Gasteiger partial charge is 0.330 e. The minimum atomic E-state index is 0.183. The van der Waals surface area contributed by atoms with E-state index in [9.17, 15) is 4.79 Å². The van der Waals surface area contributed by atoms with Crippen LogP contribution in [0.5, 0.6) is 0 Å². The Balaban J connectivity index is 2.60. The summed E-state index contributed by atoms with van der Waals surface area (Å²) in [5, 5.41) is 0. The summed E-state index contributed by atoms with van der Waals surface area (Å²) in [6.45, 7) is 2.46. The third-order valence-corrected chi connectivity index (χ3v) is 3.25. The van der Waals surface area contributed by atoms with Gasteiger partial charge in [-0.25, -0.2) is 0 Å². The van der Waals surface area contributed by atoms with Crippen molar-refractivity contribution in [3.05, 3.63) is 59.7 Å². The smallest absolute Gasteiger partial charge is 0.163 e. The van der Waals surface area contributed by atoms with Gasteiger partial charge in [0.2, 0.25) is 0 Å². The van der Waals surface area contributed by atoms with Gasteiger partial charge in [0.15, 0.2) is 5.78 Å². The number of carbonyl (C=O) groups is 1. The van der Waals surface area contributed by atoms with E-state index in [1.807, 2.05) is 55.5 Å². The molecule has 19 heavy (non-hydrogen) atoms. The summed E-state index contributed by atoms with van der Waals surface area (Å²) in [6.07, 6.45) is 1.25. The van der Waals surface area contributed by atoms with Gasteiger partial charge in [-0.1, -0.05) is 55.5 Å². The average molecular weight is 253 g/mol. The van der Waals surface area contributed by atoms with Crippen LogP contribution in [0.3, 0.4) is 0 Å². The minimum Gasteiger partial charge on any atom is -0.330 e. The Morgan fingerprint density at radius 3 is 2.42 bits per heavy atom. The molecular weight excluding hydrogens is 234 g/mol. The maximum absolute atomic E-state index is 12.3. The molecule has 0 atom stereocenters. The van der Waals surface area contributed by atoms with E-state index in [0.29, 0.717) is 13.0 Å². The molecule has 0 saturated carbocycles. The van der Waals surface area contributed by atoms with Gasteiger partial charge in [0, 0.05) is 12.0 Å². The molecule has 0 radical (unpaired) electrons. The molecular formula is C17H19NO. The number of hydrogen-bond donors (Lipinski definition) is 1. The van der Waals surface area contributed by atoms with E-state index in [4.69, 9.17) is 5.73 Å². The van der Waals surface area contributed by atoms with Crippen molar-refractivity contribution in [3.8, 4) is 11.1 Å². The van der Waals surface area contributed by atoms with Gasteiger partial charge in [-0.05, 0) is 29.7 Å². The van der Waals surface area contributed by atoms with Crippen LogP contribution in [0.15, 0.2) is 48.5 Å². The Morgan fingerprint density at radius 2 is 1.79 bits per heavy atom. The van der Waals surface area contributed by atoms with Crippen molar-refractivity contribution in [2.45, 2.75) is 19.8 Å². The molecule has 2 heteroatoms.